The van der Waals surface area contributed by atoms with Crippen LogP contribution in [0.2, 0.25) is 1.41 Å². The van der Waals surface area contributed by atoms with Crippen molar-refractivity contribution in [2.75, 3.05) is 0 Å². The van der Waals surface area contributed by atoms with Gasteiger partial charge in [-0.05, 0) is 27.7 Å². The number of rotatable bonds is 1. The zero-order valence-corrected chi connectivity index (χ0v) is 8.94. The molecule has 5 heteroatoms. The van der Waals surface area contributed by atoms with E-state index in [-0.39, 0.29) is 11.2 Å². The minimum atomic E-state index is -0.422. The summed E-state index contributed by atoms with van der Waals surface area (Å²) in [6, 6.07) is 0. The fourth-order valence-electron chi connectivity index (χ4n) is 1.33. The van der Waals surface area contributed by atoms with Crippen LogP contribution in [0.15, 0.2) is 12.4 Å². The van der Waals surface area contributed by atoms with Crippen molar-refractivity contribution < 1.29 is 10.7 Å². The van der Waals surface area contributed by atoms with Crippen LogP contribution in [0, 0.1) is 0 Å². The monoisotopic (exact) mass is 195 g/mol. The number of aromatic nitrogens is 2. The van der Waals surface area contributed by atoms with Crippen molar-refractivity contribution in [2.24, 2.45) is 0 Å². The lowest BCUT2D eigenvalue weighted by Crippen LogP contribution is -2.41. The molecule has 1 fully saturated rings. The lowest BCUT2D eigenvalue weighted by Gasteiger charge is -2.32. The van der Waals surface area contributed by atoms with Gasteiger partial charge in [0.1, 0.15) is 0 Å². The maximum atomic E-state index is 7.27. The predicted molar refractivity (Wildman–Crippen MR) is 54.3 cm³/mol. The molecule has 76 valence electrons. The lowest BCUT2D eigenvalue weighted by molar-refractivity contribution is 0.00578. The van der Waals surface area contributed by atoms with E-state index < -0.39 is 7.12 Å². The van der Waals surface area contributed by atoms with Crippen LogP contribution in [-0.4, -0.2) is 28.5 Å². The molecular weight excluding hydrogens is 179 g/mol. The van der Waals surface area contributed by atoms with Crippen LogP contribution >= 0.6 is 0 Å². The van der Waals surface area contributed by atoms with Crippen molar-refractivity contribution in [1.82, 2.24) is 10.2 Å². The Labute approximate surface area is 85.6 Å². The highest BCUT2D eigenvalue weighted by molar-refractivity contribution is 6.61. The number of H-pyrrole nitrogens is 1. The van der Waals surface area contributed by atoms with E-state index in [4.69, 9.17) is 10.7 Å². The Morgan fingerprint density at radius 3 is 2.36 bits per heavy atom. The molecule has 0 unspecified atom stereocenters. The van der Waals surface area contributed by atoms with Gasteiger partial charge in [-0.2, -0.15) is 5.10 Å². The second-order valence-electron chi connectivity index (χ2n) is 4.58. The Balaban J connectivity index is 2.23. The molecule has 0 spiro atoms. The van der Waals surface area contributed by atoms with Crippen LogP contribution in [0.5, 0.6) is 0 Å². The highest BCUT2D eigenvalue weighted by Crippen LogP contribution is 2.36. The van der Waals surface area contributed by atoms with Crippen LogP contribution in [0.3, 0.4) is 0 Å². The molecular formula is C9H15BN2O2. The molecule has 0 bridgehead atoms. The van der Waals surface area contributed by atoms with E-state index in [0.717, 1.165) is 10.6 Å². The molecule has 0 saturated carbocycles. The first-order valence-electron chi connectivity index (χ1n) is 5.16. The lowest BCUT2D eigenvalue weighted by atomic mass is 9.82. The van der Waals surface area contributed by atoms with Gasteiger partial charge in [-0.1, -0.05) is 0 Å². The fourth-order valence-corrected chi connectivity index (χ4v) is 1.33. The Morgan fingerprint density at radius 2 is 1.93 bits per heavy atom. The maximum absolute atomic E-state index is 7.27. The Bertz CT molecular complexity index is 362. The van der Waals surface area contributed by atoms with Gasteiger partial charge in [-0.25, -0.2) is 0 Å². The van der Waals surface area contributed by atoms with E-state index in [1.54, 1.807) is 12.4 Å². The molecule has 0 aromatic carbocycles. The van der Waals surface area contributed by atoms with E-state index in [2.05, 4.69) is 5.10 Å². The number of hydrogen-bond donors (Lipinski definition) is 1. The van der Waals surface area contributed by atoms with Crippen molar-refractivity contribution in [3.8, 4) is 0 Å². The first-order chi connectivity index (χ1) is 6.82. The molecule has 1 aliphatic heterocycles. The van der Waals surface area contributed by atoms with E-state index in [9.17, 15) is 0 Å². The Hall–Kier alpha value is -0.805. The molecule has 1 aromatic rings. The standard InChI is InChI=1S/C9H15BN2O2/c1-8(2)9(3,4)14-10(13-8)7-5-11-12-6-7/h5-6H,1-4H3,(H,11,12)/i/hD. The number of aromatic amines is 1. The minimum Gasteiger partial charge on any atom is -0.399 e. The van der Waals surface area contributed by atoms with Crippen LogP contribution in [-0.2, 0) is 9.31 Å². The first-order valence-corrected chi connectivity index (χ1v) is 4.71. The van der Waals surface area contributed by atoms with Crippen molar-refractivity contribution in [1.29, 1.82) is 0 Å². The van der Waals surface area contributed by atoms with Crippen LogP contribution in [0.1, 0.15) is 27.7 Å². The molecule has 0 atom stereocenters. The van der Waals surface area contributed by atoms with Gasteiger partial charge in [0.2, 0.25) is 0 Å². The first kappa shape index (κ1) is 8.50. The third kappa shape index (κ3) is 1.37. The average molecular weight is 195 g/mol. The molecule has 1 aliphatic rings. The molecule has 1 saturated heterocycles. The number of hydrogen-bond acceptors (Lipinski definition) is 3. The van der Waals surface area contributed by atoms with Crippen LogP contribution < -0.4 is 5.46 Å². The molecule has 0 amide bonds. The zero-order chi connectivity index (χ0) is 11.3. The summed E-state index contributed by atoms with van der Waals surface area (Å²) in [5.41, 5.74) is 0.0903. The van der Waals surface area contributed by atoms with Crippen molar-refractivity contribution in [2.45, 2.75) is 38.9 Å². The Morgan fingerprint density at radius 1 is 1.36 bits per heavy atom. The maximum Gasteiger partial charge on any atom is 0.498 e. The Kier molecular flexibility index (Phi) is 1.72. The number of nitrogens with zero attached hydrogens (tertiary/aromatic N) is 1. The topological polar surface area (TPSA) is 47.1 Å². The van der Waals surface area contributed by atoms with Gasteiger partial charge in [0.05, 0.1) is 11.2 Å². The molecule has 0 aliphatic carbocycles. The SMILES string of the molecule is [2H]n1cc(B2OC(C)(C)C(C)(C)O2)cn1. The van der Waals surface area contributed by atoms with Gasteiger partial charge < -0.3 is 9.31 Å². The van der Waals surface area contributed by atoms with Crippen molar-refractivity contribution >= 4 is 12.6 Å². The second kappa shape index (κ2) is 2.84. The third-order valence-corrected chi connectivity index (χ3v) is 3.01. The van der Waals surface area contributed by atoms with Crippen LogP contribution in [0.25, 0.3) is 0 Å². The smallest absolute Gasteiger partial charge is 0.399 e. The summed E-state index contributed by atoms with van der Waals surface area (Å²) in [4.78, 5) is 0. The summed E-state index contributed by atoms with van der Waals surface area (Å²) in [5.74, 6) is 0. The summed E-state index contributed by atoms with van der Waals surface area (Å²) in [6.07, 6.45) is 3.18. The van der Waals surface area contributed by atoms with Gasteiger partial charge in [-0.15, -0.1) is 0 Å². The quantitative estimate of drug-likeness (QED) is 0.671. The summed E-state index contributed by atoms with van der Waals surface area (Å²) in [5, 5.41) is 4.78. The summed E-state index contributed by atoms with van der Waals surface area (Å²) in [7, 11) is -0.422. The molecule has 0 radical (unpaired) electrons. The predicted octanol–water partition coefficient (Wildman–Crippen LogP) is 0.709. The molecule has 1 N–H and O–H groups in total. The van der Waals surface area contributed by atoms with Crippen molar-refractivity contribution in [3.05, 3.63) is 12.4 Å². The molecule has 2 heterocycles. The van der Waals surface area contributed by atoms with E-state index >= 15 is 0 Å². The van der Waals surface area contributed by atoms with Gasteiger partial charge in [0, 0.05) is 17.9 Å². The van der Waals surface area contributed by atoms with Gasteiger partial charge in [-0.3, -0.25) is 5.09 Å². The third-order valence-electron chi connectivity index (χ3n) is 3.01. The highest BCUT2D eigenvalue weighted by atomic mass is 16.7. The fraction of sp³-hybridized carbons (Fsp3) is 0.667. The largest absolute Gasteiger partial charge is 0.498 e. The zero-order valence-electron chi connectivity index (χ0n) is 9.94. The molecule has 1 aromatic heterocycles. The number of nitrogens with one attached hydrogen (secondary N) is 1. The minimum absolute atomic E-state index is 0.345. The summed E-state index contributed by atoms with van der Waals surface area (Å²) < 4.78 is 18.9. The van der Waals surface area contributed by atoms with Gasteiger partial charge in [0.25, 0.3) is 0 Å². The summed E-state index contributed by atoms with van der Waals surface area (Å²) >= 11 is 0. The van der Waals surface area contributed by atoms with Crippen LogP contribution in [0.4, 0.5) is 0 Å². The average Bonchev–Trinajstić information content (AvgIpc) is 2.56. The summed E-state index contributed by atoms with van der Waals surface area (Å²) in [6.45, 7) is 7.99. The second-order valence-corrected chi connectivity index (χ2v) is 4.58. The highest BCUT2D eigenvalue weighted by Gasteiger charge is 2.51. The van der Waals surface area contributed by atoms with E-state index in [1.165, 1.54) is 0 Å². The van der Waals surface area contributed by atoms with Gasteiger partial charge in [0.15, 0.2) is 1.41 Å². The normalized spacial score (nSPS) is 25.1. The van der Waals surface area contributed by atoms with E-state index in [0.29, 0.717) is 0 Å². The molecule has 14 heavy (non-hydrogen) atoms. The molecule has 4 nitrogen and oxygen atoms in total. The van der Waals surface area contributed by atoms with Gasteiger partial charge >= 0.3 is 7.12 Å². The molecule has 2 rings (SSSR count). The van der Waals surface area contributed by atoms with Crippen molar-refractivity contribution in [3.63, 3.8) is 0 Å². The van der Waals surface area contributed by atoms with E-state index in [1.807, 2.05) is 27.7 Å².